The number of aryl methyl sites for hydroxylation is 1. The topological polar surface area (TPSA) is 100 Å². The first kappa shape index (κ1) is 24.7. The van der Waals surface area contributed by atoms with Gasteiger partial charge in [-0.15, -0.1) is 0 Å². The number of fused-ring (bicyclic) bond motifs is 1. The Bertz CT molecular complexity index is 1350. The van der Waals surface area contributed by atoms with E-state index in [1.54, 1.807) is 24.3 Å². The lowest BCUT2D eigenvalue weighted by Gasteiger charge is -2.22. The van der Waals surface area contributed by atoms with Crippen molar-refractivity contribution in [1.82, 2.24) is 15.6 Å². The van der Waals surface area contributed by atoms with Crippen LogP contribution >= 0.6 is 0 Å². The molecule has 0 spiro atoms. The molecule has 0 aliphatic heterocycles. The highest BCUT2D eigenvalue weighted by Gasteiger charge is 2.28. The number of nitrogens with one attached hydrogen (secondary N) is 3. The number of benzene rings is 3. The summed E-state index contributed by atoms with van der Waals surface area (Å²) in [7, 11) is 1.29. The van der Waals surface area contributed by atoms with E-state index in [1.807, 2.05) is 67.7 Å². The van der Waals surface area contributed by atoms with Crippen molar-refractivity contribution in [3.05, 3.63) is 107 Å². The highest BCUT2D eigenvalue weighted by Crippen LogP contribution is 2.19. The molecule has 4 aromatic rings. The number of amides is 2. The monoisotopic (exact) mass is 483 g/mol. The first-order valence-corrected chi connectivity index (χ1v) is 11.8. The third kappa shape index (κ3) is 5.99. The quantitative estimate of drug-likeness (QED) is 0.316. The number of rotatable bonds is 9. The summed E-state index contributed by atoms with van der Waals surface area (Å²) >= 11 is 0. The lowest BCUT2D eigenvalue weighted by atomic mass is 10.0. The summed E-state index contributed by atoms with van der Waals surface area (Å²) in [6, 6.07) is 22.4. The molecule has 3 aromatic carbocycles. The van der Waals surface area contributed by atoms with Gasteiger partial charge in [0.2, 0.25) is 5.91 Å². The number of hydrogen-bond donors (Lipinski definition) is 3. The van der Waals surface area contributed by atoms with Gasteiger partial charge in [-0.05, 0) is 36.2 Å². The van der Waals surface area contributed by atoms with Crippen molar-refractivity contribution in [2.45, 2.75) is 31.8 Å². The van der Waals surface area contributed by atoms with Gasteiger partial charge in [0.05, 0.1) is 7.11 Å². The van der Waals surface area contributed by atoms with Gasteiger partial charge in [-0.2, -0.15) is 0 Å². The minimum absolute atomic E-state index is 0.243. The Balaban J connectivity index is 1.58. The van der Waals surface area contributed by atoms with E-state index in [0.717, 1.165) is 27.6 Å². The molecule has 0 fully saturated rings. The standard InChI is InChI=1S/C29H29N3O4/c1-19-12-14-20(15-13-19)16-26(29(35)36-2)32-28(34)25(31-27(33)21-8-4-3-5-9-21)17-22-18-30-24-11-7-6-10-23(22)24/h3-15,18,25-26,30H,16-17H2,1-2H3,(H,31,33)(H,32,34)/t25-,26+/m0/s1. The van der Waals surface area contributed by atoms with E-state index in [-0.39, 0.29) is 18.7 Å². The van der Waals surface area contributed by atoms with E-state index >= 15 is 0 Å². The molecule has 36 heavy (non-hydrogen) atoms. The minimum Gasteiger partial charge on any atom is -0.467 e. The number of ether oxygens (including phenoxy) is 1. The van der Waals surface area contributed by atoms with Crippen LogP contribution < -0.4 is 10.6 Å². The number of aromatic nitrogens is 1. The van der Waals surface area contributed by atoms with Gasteiger partial charge in [0.1, 0.15) is 12.1 Å². The maximum Gasteiger partial charge on any atom is 0.328 e. The Kier molecular flexibility index (Phi) is 7.80. The Morgan fingerprint density at radius 3 is 2.25 bits per heavy atom. The van der Waals surface area contributed by atoms with Crippen LogP contribution in [0.1, 0.15) is 27.0 Å². The van der Waals surface area contributed by atoms with E-state index in [0.29, 0.717) is 5.56 Å². The molecule has 1 heterocycles. The van der Waals surface area contributed by atoms with Crippen LogP contribution in [0, 0.1) is 6.92 Å². The minimum atomic E-state index is -0.915. The number of carbonyl (C=O) groups is 3. The lowest BCUT2D eigenvalue weighted by Crippen LogP contribution is -2.53. The summed E-state index contributed by atoms with van der Waals surface area (Å²) in [6.07, 6.45) is 2.35. The number of H-pyrrole nitrogens is 1. The molecule has 0 aliphatic carbocycles. The lowest BCUT2D eigenvalue weighted by molar-refractivity contribution is -0.145. The van der Waals surface area contributed by atoms with Crippen LogP contribution in [-0.2, 0) is 27.2 Å². The largest absolute Gasteiger partial charge is 0.467 e. The molecule has 7 heteroatoms. The molecule has 0 saturated heterocycles. The van der Waals surface area contributed by atoms with Gasteiger partial charge in [0.15, 0.2) is 0 Å². The van der Waals surface area contributed by atoms with Crippen LogP contribution in [0.5, 0.6) is 0 Å². The van der Waals surface area contributed by atoms with Crippen molar-refractivity contribution in [3.8, 4) is 0 Å². The Morgan fingerprint density at radius 1 is 0.833 bits per heavy atom. The normalized spacial score (nSPS) is 12.5. The van der Waals surface area contributed by atoms with Crippen molar-refractivity contribution in [1.29, 1.82) is 0 Å². The van der Waals surface area contributed by atoms with Gasteiger partial charge in [-0.25, -0.2) is 4.79 Å². The second-order valence-electron chi connectivity index (χ2n) is 8.73. The van der Waals surface area contributed by atoms with Gasteiger partial charge in [0.25, 0.3) is 5.91 Å². The first-order chi connectivity index (χ1) is 17.4. The average Bonchev–Trinajstić information content (AvgIpc) is 3.31. The Labute approximate surface area is 209 Å². The third-order valence-electron chi connectivity index (χ3n) is 6.12. The molecular formula is C29H29N3O4. The molecule has 184 valence electrons. The van der Waals surface area contributed by atoms with Gasteiger partial charge in [-0.3, -0.25) is 9.59 Å². The molecule has 0 saturated carbocycles. The number of aromatic amines is 1. The maximum atomic E-state index is 13.5. The zero-order chi connectivity index (χ0) is 25.5. The summed E-state index contributed by atoms with van der Waals surface area (Å²) < 4.78 is 4.96. The van der Waals surface area contributed by atoms with Crippen molar-refractivity contribution in [2.75, 3.05) is 7.11 Å². The summed E-state index contributed by atoms with van der Waals surface area (Å²) in [5, 5.41) is 6.63. The summed E-state index contributed by atoms with van der Waals surface area (Å²) in [5.74, 6) is -1.39. The predicted molar refractivity (Wildman–Crippen MR) is 139 cm³/mol. The molecule has 2 amide bonds. The second-order valence-corrected chi connectivity index (χ2v) is 8.73. The van der Waals surface area contributed by atoms with Gasteiger partial charge in [-0.1, -0.05) is 66.2 Å². The smallest absolute Gasteiger partial charge is 0.328 e. The molecule has 0 aliphatic rings. The zero-order valence-corrected chi connectivity index (χ0v) is 20.3. The van der Waals surface area contributed by atoms with Gasteiger partial charge < -0.3 is 20.4 Å². The second kappa shape index (κ2) is 11.4. The molecule has 2 atom stereocenters. The molecule has 4 rings (SSSR count). The van der Waals surface area contributed by atoms with Crippen LogP contribution in [0.3, 0.4) is 0 Å². The van der Waals surface area contributed by atoms with Crippen molar-refractivity contribution in [2.24, 2.45) is 0 Å². The van der Waals surface area contributed by atoms with Crippen molar-refractivity contribution < 1.29 is 19.1 Å². The Hall–Kier alpha value is -4.39. The molecule has 3 N–H and O–H groups in total. The Morgan fingerprint density at radius 2 is 1.53 bits per heavy atom. The number of methoxy groups -OCH3 is 1. The summed E-state index contributed by atoms with van der Waals surface area (Å²) in [4.78, 5) is 42.2. The van der Waals surface area contributed by atoms with Crippen molar-refractivity contribution >= 4 is 28.7 Å². The van der Waals surface area contributed by atoms with Crippen LogP contribution in [0.4, 0.5) is 0 Å². The van der Waals surface area contributed by atoms with Gasteiger partial charge >= 0.3 is 5.97 Å². The summed E-state index contributed by atoms with van der Waals surface area (Å²) in [6.45, 7) is 1.98. The number of para-hydroxylation sites is 1. The number of esters is 1. The van der Waals surface area contributed by atoms with E-state index in [2.05, 4.69) is 15.6 Å². The van der Waals surface area contributed by atoms with E-state index < -0.39 is 24.0 Å². The van der Waals surface area contributed by atoms with E-state index in [9.17, 15) is 14.4 Å². The molecule has 0 unspecified atom stereocenters. The number of hydrogen-bond acceptors (Lipinski definition) is 4. The fourth-order valence-corrected chi connectivity index (χ4v) is 4.13. The maximum absolute atomic E-state index is 13.5. The van der Waals surface area contributed by atoms with Gasteiger partial charge in [0, 0.05) is 35.5 Å². The summed E-state index contributed by atoms with van der Waals surface area (Å²) in [5.41, 5.74) is 4.25. The van der Waals surface area contributed by atoms with E-state index in [1.165, 1.54) is 7.11 Å². The van der Waals surface area contributed by atoms with Crippen LogP contribution in [0.2, 0.25) is 0 Å². The highest BCUT2D eigenvalue weighted by atomic mass is 16.5. The molecule has 0 radical (unpaired) electrons. The number of carbonyl (C=O) groups excluding carboxylic acids is 3. The van der Waals surface area contributed by atoms with Crippen LogP contribution in [-0.4, -0.2) is 42.0 Å². The molecular weight excluding hydrogens is 454 g/mol. The third-order valence-corrected chi connectivity index (χ3v) is 6.12. The SMILES string of the molecule is COC(=O)[C@@H](Cc1ccc(C)cc1)NC(=O)[C@H](Cc1c[nH]c2ccccc12)NC(=O)c1ccccc1. The van der Waals surface area contributed by atoms with E-state index in [4.69, 9.17) is 4.74 Å². The van der Waals surface area contributed by atoms with Crippen LogP contribution in [0.25, 0.3) is 10.9 Å². The fourth-order valence-electron chi connectivity index (χ4n) is 4.13. The molecule has 7 nitrogen and oxygen atoms in total. The fraction of sp³-hybridized carbons (Fsp3) is 0.207. The predicted octanol–water partition coefficient (Wildman–Crippen LogP) is 3.72. The van der Waals surface area contributed by atoms with Crippen molar-refractivity contribution in [3.63, 3.8) is 0 Å². The first-order valence-electron chi connectivity index (χ1n) is 11.8. The highest BCUT2D eigenvalue weighted by molar-refractivity contribution is 5.98. The average molecular weight is 484 g/mol. The molecule has 0 bridgehead atoms. The molecule has 1 aromatic heterocycles. The van der Waals surface area contributed by atoms with Crippen LogP contribution in [0.15, 0.2) is 85.1 Å². The zero-order valence-electron chi connectivity index (χ0n) is 20.3.